The topological polar surface area (TPSA) is 145 Å². The van der Waals surface area contributed by atoms with Crippen molar-refractivity contribution in [3.8, 4) is 0 Å². The Bertz CT molecular complexity index is 1730. The van der Waals surface area contributed by atoms with Gasteiger partial charge < -0.3 is 20.6 Å². The third-order valence-corrected chi connectivity index (χ3v) is 9.83. The molecule has 0 saturated carbocycles. The average molecular weight is 703 g/mol. The summed E-state index contributed by atoms with van der Waals surface area (Å²) < 4.78 is 67.0. The average Bonchev–Trinajstić information content (AvgIpc) is 3.35. The van der Waals surface area contributed by atoms with Gasteiger partial charge in [0.15, 0.2) is 0 Å². The van der Waals surface area contributed by atoms with Crippen LogP contribution in [0.15, 0.2) is 72.8 Å². The first kappa shape index (κ1) is 37.5. The van der Waals surface area contributed by atoms with Gasteiger partial charge >= 0.3 is 6.18 Å². The standard InChI is InChI=1S/C35H41F3N4O6S/c1-3-13-42(14-4-2)34(46)27-18-25(31-20-32(44)41-49(31,47)48)17-26(19-27)33(45)40-29(16-23-9-6-5-7-10-23)30(43)22-39-21-24-11-8-12-28(15-24)35(36,37)38/h5-12,15,17-19,29-31,39,43H,3-4,13-14,16,20-22H2,1-2H3,(H,40,45)(H,41,44)/t29-,30+,31?/m0/s1. The van der Waals surface area contributed by atoms with E-state index < -0.39 is 56.9 Å². The summed E-state index contributed by atoms with van der Waals surface area (Å²) in [5.74, 6) is -1.79. The molecule has 49 heavy (non-hydrogen) atoms. The molecule has 4 rings (SSSR count). The number of halogens is 3. The fourth-order valence-electron chi connectivity index (χ4n) is 5.74. The van der Waals surface area contributed by atoms with Crippen molar-refractivity contribution in [2.75, 3.05) is 19.6 Å². The maximum atomic E-state index is 13.9. The van der Waals surface area contributed by atoms with E-state index in [0.29, 0.717) is 31.5 Å². The van der Waals surface area contributed by atoms with Crippen LogP contribution >= 0.6 is 0 Å². The number of amides is 3. The summed E-state index contributed by atoms with van der Waals surface area (Å²) in [5.41, 5.74) is 0.498. The lowest BCUT2D eigenvalue weighted by Gasteiger charge is -2.26. The molecule has 1 heterocycles. The number of carbonyl (C=O) groups is 3. The molecule has 3 aromatic rings. The van der Waals surface area contributed by atoms with Crippen molar-refractivity contribution in [1.29, 1.82) is 0 Å². The highest BCUT2D eigenvalue weighted by Crippen LogP contribution is 2.32. The maximum absolute atomic E-state index is 13.9. The molecule has 1 fully saturated rings. The molecule has 3 aromatic carbocycles. The van der Waals surface area contributed by atoms with Crippen LogP contribution in [0.25, 0.3) is 0 Å². The summed E-state index contributed by atoms with van der Waals surface area (Å²) in [4.78, 5) is 41.2. The number of carbonyl (C=O) groups excluding carboxylic acids is 3. The van der Waals surface area contributed by atoms with Crippen molar-refractivity contribution >= 4 is 27.7 Å². The number of aliphatic hydroxyl groups excluding tert-OH is 1. The number of hydrogen-bond donors (Lipinski definition) is 4. The highest BCUT2D eigenvalue weighted by atomic mass is 32.2. The molecule has 3 atom stereocenters. The van der Waals surface area contributed by atoms with E-state index in [1.807, 2.05) is 36.8 Å². The molecule has 1 aliphatic heterocycles. The predicted octanol–water partition coefficient (Wildman–Crippen LogP) is 4.35. The quantitative estimate of drug-likeness (QED) is 0.184. The van der Waals surface area contributed by atoms with Gasteiger partial charge in [-0.05, 0) is 60.2 Å². The molecule has 0 spiro atoms. The normalized spacial score (nSPS) is 16.9. The molecule has 0 aromatic heterocycles. The van der Waals surface area contributed by atoms with Crippen LogP contribution < -0.4 is 15.4 Å². The summed E-state index contributed by atoms with van der Waals surface area (Å²) in [7, 11) is -4.10. The first-order valence-corrected chi connectivity index (χ1v) is 17.6. The van der Waals surface area contributed by atoms with E-state index in [1.165, 1.54) is 30.3 Å². The van der Waals surface area contributed by atoms with Crippen LogP contribution in [0.1, 0.15) is 81.3 Å². The fraction of sp³-hybridized carbons (Fsp3) is 0.400. The summed E-state index contributed by atoms with van der Waals surface area (Å²) in [5, 5.41) is 15.7. The highest BCUT2D eigenvalue weighted by Gasteiger charge is 2.39. The number of nitrogens with zero attached hydrogens (tertiary/aromatic N) is 1. The van der Waals surface area contributed by atoms with Crippen LogP contribution in [-0.2, 0) is 34.0 Å². The fourth-order valence-corrected chi connectivity index (χ4v) is 7.15. The number of sulfonamides is 1. The Hall–Kier alpha value is -4.27. The number of hydrogen-bond acceptors (Lipinski definition) is 7. The van der Waals surface area contributed by atoms with Gasteiger partial charge in [0.2, 0.25) is 15.9 Å². The van der Waals surface area contributed by atoms with E-state index in [4.69, 9.17) is 0 Å². The lowest BCUT2D eigenvalue weighted by molar-refractivity contribution is -0.137. The van der Waals surface area contributed by atoms with Crippen molar-refractivity contribution in [2.45, 2.75) is 69.6 Å². The van der Waals surface area contributed by atoms with Gasteiger partial charge in [-0.2, -0.15) is 13.2 Å². The lowest BCUT2D eigenvalue weighted by atomic mass is 9.98. The molecule has 4 N–H and O–H groups in total. The molecule has 3 amide bonds. The van der Waals surface area contributed by atoms with Crippen LogP contribution in [-0.4, -0.2) is 67.9 Å². The van der Waals surface area contributed by atoms with Crippen LogP contribution in [0.2, 0.25) is 0 Å². The van der Waals surface area contributed by atoms with Gasteiger partial charge in [0.1, 0.15) is 5.25 Å². The minimum Gasteiger partial charge on any atom is -0.390 e. The van der Waals surface area contributed by atoms with E-state index in [0.717, 1.165) is 17.7 Å². The Kier molecular flexibility index (Phi) is 12.6. The summed E-state index contributed by atoms with van der Waals surface area (Å²) >= 11 is 0. The van der Waals surface area contributed by atoms with Crippen molar-refractivity contribution < 1.29 is 41.1 Å². The zero-order chi connectivity index (χ0) is 35.8. The lowest BCUT2D eigenvalue weighted by Crippen LogP contribution is -2.48. The molecule has 1 unspecified atom stereocenters. The smallest absolute Gasteiger partial charge is 0.390 e. The molecule has 264 valence electrons. The molecular weight excluding hydrogens is 661 g/mol. The predicted molar refractivity (Wildman–Crippen MR) is 178 cm³/mol. The Morgan fingerprint density at radius 2 is 1.61 bits per heavy atom. The molecule has 0 radical (unpaired) electrons. The molecule has 0 bridgehead atoms. The number of aliphatic hydroxyl groups is 1. The monoisotopic (exact) mass is 702 g/mol. The third kappa shape index (κ3) is 10.1. The highest BCUT2D eigenvalue weighted by molar-refractivity contribution is 7.90. The van der Waals surface area contributed by atoms with E-state index in [1.54, 1.807) is 17.0 Å². The number of alkyl halides is 3. The van der Waals surface area contributed by atoms with Gasteiger partial charge in [-0.15, -0.1) is 0 Å². The van der Waals surface area contributed by atoms with Crippen molar-refractivity contribution in [2.24, 2.45) is 0 Å². The minimum absolute atomic E-state index is 0.0230. The Balaban J connectivity index is 1.62. The zero-order valence-electron chi connectivity index (χ0n) is 27.3. The summed E-state index contributed by atoms with van der Waals surface area (Å²) in [6, 6.07) is 17.0. The van der Waals surface area contributed by atoms with Gasteiger partial charge in [0, 0.05) is 37.3 Å². The molecule has 1 saturated heterocycles. The van der Waals surface area contributed by atoms with E-state index in [9.17, 15) is 41.1 Å². The second-order valence-corrected chi connectivity index (χ2v) is 13.9. The van der Waals surface area contributed by atoms with E-state index in [2.05, 4.69) is 10.6 Å². The van der Waals surface area contributed by atoms with Gasteiger partial charge in [-0.1, -0.05) is 62.4 Å². The van der Waals surface area contributed by atoms with Crippen LogP contribution in [0.3, 0.4) is 0 Å². The van der Waals surface area contributed by atoms with Crippen molar-refractivity contribution in [1.82, 2.24) is 20.3 Å². The van der Waals surface area contributed by atoms with E-state index >= 15 is 0 Å². The van der Waals surface area contributed by atoms with Crippen LogP contribution in [0, 0.1) is 0 Å². The molecule has 0 aliphatic carbocycles. The SMILES string of the molecule is CCCN(CCC)C(=O)c1cc(C(=O)N[C@@H](Cc2ccccc2)[C@H](O)CNCc2cccc(C(F)(F)F)c2)cc(C2CC(=O)NS2(=O)=O)c1. The Morgan fingerprint density at radius 1 is 0.959 bits per heavy atom. The maximum Gasteiger partial charge on any atom is 0.416 e. The molecule has 10 nitrogen and oxygen atoms in total. The number of benzene rings is 3. The van der Waals surface area contributed by atoms with Crippen LogP contribution in [0.5, 0.6) is 0 Å². The second-order valence-electron chi connectivity index (χ2n) is 12.1. The molecular formula is C35H41F3N4O6S. The minimum atomic E-state index is -4.50. The summed E-state index contributed by atoms with van der Waals surface area (Å²) in [6.07, 6.45) is -4.55. The van der Waals surface area contributed by atoms with Crippen molar-refractivity contribution in [3.05, 3.63) is 106 Å². The Morgan fingerprint density at radius 3 is 2.22 bits per heavy atom. The van der Waals surface area contributed by atoms with Gasteiger partial charge in [-0.3, -0.25) is 19.1 Å². The van der Waals surface area contributed by atoms with Gasteiger partial charge in [-0.25, -0.2) is 8.42 Å². The third-order valence-electron chi connectivity index (χ3n) is 8.13. The second kappa shape index (κ2) is 16.4. The zero-order valence-corrected chi connectivity index (χ0v) is 28.1. The van der Waals surface area contributed by atoms with Gasteiger partial charge in [0.05, 0.1) is 24.1 Å². The van der Waals surface area contributed by atoms with E-state index in [-0.39, 0.29) is 42.6 Å². The first-order chi connectivity index (χ1) is 23.2. The van der Waals surface area contributed by atoms with Crippen LogP contribution in [0.4, 0.5) is 13.2 Å². The largest absolute Gasteiger partial charge is 0.416 e. The number of nitrogens with one attached hydrogen (secondary N) is 3. The summed E-state index contributed by atoms with van der Waals surface area (Å²) in [6.45, 7) is 4.66. The Labute approximate surface area is 284 Å². The molecule has 1 aliphatic rings. The first-order valence-electron chi connectivity index (χ1n) is 16.1. The number of rotatable bonds is 15. The molecule has 14 heteroatoms. The van der Waals surface area contributed by atoms with Crippen molar-refractivity contribution in [3.63, 3.8) is 0 Å². The van der Waals surface area contributed by atoms with Gasteiger partial charge in [0.25, 0.3) is 11.8 Å².